The molecular formula is C18H13N7. The molecule has 0 aliphatic heterocycles. The topological polar surface area (TPSA) is 109 Å². The van der Waals surface area contributed by atoms with Crippen LogP contribution in [-0.4, -0.2) is 30.1 Å². The monoisotopic (exact) mass is 327 g/mol. The van der Waals surface area contributed by atoms with E-state index in [0.29, 0.717) is 5.69 Å². The van der Waals surface area contributed by atoms with Gasteiger partial charge in [0.2, 0.25) is 0 Å². The fourth-order valence-electron chi connectivity index (χ4n) is 2.97. The van der Waals surface area contributed by atoms with Crippen molar-refractivity contribution >= 4 is 27.8 Å². The Kier molecular flexibility index (Phi) is 2.81. The summed E-state index contributed by atoms with van der Waals surface area (Å²) < 4.78 is 0. The summed E-state index contributed by atoms with van der Waals surface area (Å²) in [4.78, 5) is 16.3. The number of fused-ring (bicyclic) bond motifs is 2. The van der Waals surface area contributed by atoms with E-state index in [1.54, 1.807) is 24.8 Å². The van der Waals surface area contributed by atoms with Crippen LogP contribution in [0.15, 0.2) is 55.1 Å². The van der Waals surface area contributed by atoms with E-state index in [-0.39, 0.29) is 0 Å². The SMILES string of the molecule is Nc1cncc(-c2cnc3[nH]nc(-c4cc5ncccc5[nH]4)c3c2)c1. The first-order valence-corrected chi connectivity index (χ1v) is 7.77. The minimum atomic E-state index is 0.617. The number of nitrogens with two attached hydrogens (primary N) is 1. The van der Waals surface area contributed by atoms with E-state index in [4.69, 9.17) is 5.73 Å². The zero-order valence-electron chi connectivity index (χ0n) is 13.1. The van der Waals surface area contributed by atoms with Crippen molar-refractivity contribution in [1.29, 1.82) is 0 Å². The summed E-state index contributed by atoms with van der Waals surface area (Å²) in [5.74, 6) is 0. The molecule has 0 unspecified atom stereocenters. The summed E-state index contributed by atoms with van der Waals surface area (Å²) in [5, 5.41) is 8.33. The van der Waals surface area contributed by atoms with Crippen molar-refractivity contribution in [3.05, 3.63) is 55.1 Å². The van der Waals surface area contributed by atoms with Gasteiger partial charge in [0, 0.05) is 41.3 Å². The molecule has 5 heterocycles. The van der Waals surface area contributed by atoms with Gasteiger partial charge in [0.1, 0.15) is 5.69 Å². The third kappa shape index (κ3) is 2.21. The summed E-state index contributed by atoms with van der Waals surface area (Å²) >= 11 is 0. The maximum Gasteiger partial charge on any atom is 0.155 e. The maximum atomic E-state index is 5.84. The highest BCUT2D eigenvalue weighted by atomic mass is 15.2. The van der Waals surface area contributed by atoms with E-state index < -0.39 is 0 Å². The first-order chi connectivity index (χ1) is 12.3. The summed E-state index contributed by atoms with van der Waals surface area (Å²) in [6.07, 6.45) is 6.95. The quantitative estimate of drug-likeness (QED) is 0.461. The molecule has 0 spiro atoms. The Morgan fingerprint density at radius 1 is 0.960 bits per heavy atom. The number of aromatic amines is 2. The van der Waals surface area contributed by atoms with Crippen LogP contribution in [0.3, 0.4) is 0 Å². The molecule has 5 rings (SSSR count). The third-order valence-electron chi connectivity index (χ3n) is 4.15. The first-order valence-electron chi connectivity index (χ1n) is 7.77. The average Bonchev–Trinajstić information content (AvgIpc) is 3.24. The number of nitrogen functional groups attached to an aromatic ring is 1. The Bertz CT molecular complexity index is 1190. The summed E-state index contributed by atoms with van der Waals surface area (Å²) in [7, 11) is 0. The highest BCUT2D eigenvalue weighted by Crippen LogP contribution is 2.30. The highest BCUT2D eigenvalue weighted by molar-refractivity contribution is 5.95. The molecule has 0 bridgehead atoms. The lowest BCUT2D eigenvalue weighted by Crippen LogP contribution is -1.88. The van der Waals surface area contributed by atoms with Gasteiger partial charge in [-0.2, -0.15) is 5.10 Å². The normalized spacial score (nSPS) is 11.4. The smallest absolute Gasteiger partial charge is 0.155 e. The Morgan fingerprint density at radius 2 is 1.88 bits per heavy atom. The van der Waals surface area contributed by atoms with Crippen LogP contribution in [0.1, 0.15) is 0 Å². The molecule has 0 saturated heterocycles. The molecule has 7 heteroatoms. The van der Waals surface area contributed by atoms with Gasteiger partial charge in [0.05, 0.1) is 22.4 Å². The summed E-state index contributed by atoms with van der Waals surface area (Å²) in [5.41, 5.74) is 12.6. The molecule has 7 nitrogen and oxygen atoms in total. The summed E-state index contributed by atoms with van der Waals surface area (Å²) in [6, 6.07) is 9.79. The molecule has 5 aromatic rings. The molecule has 0 aromatic carbocycles. The van der Waals surface area contributed by atoms with Gasteiger partial charge in [-0.1, -0.05) is 0 Å². The molecule has 120 valence electrons. The zero-order chi connectivity index (χ0) is 16.8. The van der Waals surface area contributed by atoms with Crippen LogP contribution >= 0.6 is 0 Å². The van der Waals surface area contributed by atoms with Crippen LogP contribution in [-0.2, 0) is 0 Å². The first kappa shape index (κ1) is 13.7. The van der Waals surface area contributed by atoms with Gasteiger partial charge in [-0.3, -0.25) is 15.1 Å². The second-order valence-corrected chi connectivity index (χ2v) is 5.82. The number of hydrogen-bond donors (Lipinski definition) is 3. The number of pyridine rings is 3. The van der Waals surface area contributed by atoms with Crippen LogP contribution < -0.4 is 5.73 Å². The largest absolute Gasteiger partial charge is 0.397 e. The number of hydrogen-bond acceptors (Lipinski definition) is 5. The molecular weight excluding hydrogens is 314 g/mol. The second-order valence-electron chi connectivity index (χ2n) is 5.82. The Balaban J connectivity index is 1.70. The lowest BCUT2D eigenvalue weighted by molar-refractivity contribution is 1.10. The van der Waals surface area contributed by atoms with Gasteiger partial charge < -0.3 is 10.7 Å². The van der Waals surface area contributed by atoms with Gasteiger partial charge in [-0.05, 0) is 30.3 Å². The van der Waals surface area contributed by atoms with Crippen LogP contribution in [0.25, 0.3) is 44.6 Å². The molecule has 0 aliphatic rings. The van der Waals surface area contributed by atoms with Gasteiger partial charge in [-0.15, -0.1) is 0 Å². The minimum Gasteiger partial charge on any atom is -0.397 e. The van der Waals surface area contributed by atoms with Crippen LogP contribution in [0.5, 0.6) is 0 Å². The number of nitrogens with one attached hydrogen (secondary N) is 2. The van der Waals surface area contributed by atoms with E-state index in [0.717, 1.165) is 44.6 Å². The Morgan fingerprint density at radius 3 is 2.76 bits per heavy atom. The number of anilines is 1. The van der Waals surface area contributed by atoms with Crippen LogP contribution in [0.2, 0.25) is 0 Å². The fourth-order valence-corrected chi connectivity index (χ4v) is 2.97. The van der Waals surface area contributed by atoms with Gasteiger partial charge in [0.25, 0.3) is 0 Å². The molecule has 0 saturated carbocycles. The van der Waals surface area contributed by atoms with Crippen molar-refractivity contribution in [3.8, 4) is 22.5 Å². The minimum absolute atomic E-state index is 0.617. The van der Waals surface area contributed by atoms with E-state index in [2.05, 4.69) is 30.1 Å². The van der Waals surface area contributed by atoms with E-state index in [9.17, 15) is 0 Å². The third-order valence-corrected chi connectivity index (χ3v) is 4.15. The van der Waals surface area contributed by atoms with E-state index >= 15 is 0 Å². The summed E-state index contributed by atoms with van der Waals surface area (Å²) in [6.45, 7) is 0. The number of nitrogens with zero attached hydrogens (tertiary/aromatic N) is 4. The number of rotatable bonds is 2. The van der Waals surface area contributed by atoms with Crippen molar-refractivity contribution in [1.82, 2.24) is 30.1 Å². The van der Waals surface area contributed by atoms with E-state index in [1.165, 1.54) is 0 Å². The van der Waals surface area contributed by atoms with Gasteiger partial charge in [-0.25, -0.2) is 4.98 Å². The fraction of sp³-hybridized carbons (Fsp3) is 0. The molecule has 0 atom stereocenters. The lowest BCUT2D eigenvalue weighted by atomic mass is 10.1. The molecule has 4 N–H and O–H groups in total. The highest BCUT2D eigenvalue weighted by Gasteiger charge is 2.13. The lowest BCUT2D eigenvalue weighted by Gasteiger charge is -2.02. The molecule has 0 aliphatic carbocycles. The standard InChI is InChI=1S/C18H13N7/c19-12-4-10(7-20-9-12)11-5-13-17(24-25-18(13)22-8-11)16-6-15-14(23-16)2-1-3-21-15/h1-9,23H,19H2,(H,22,24,25). The van der Waals surface area contributed by atoms with Crippen LogP contribution in [0.4, 0.5) is 5.69 Å². The molecule has 0 radical (unpaired) electrons. The molecule has 25 heavy (non-hydrogen) atoms. The van der Waals surface area contributed by atoms with Gasteiger partial charge in [0.15, 0.2) is 5.65 Å². The van der Waals surface area contributed by atoms with Crippen molar-refractivity contribution in [2.75, 3.05) is 5.73 Å². The molecule has 0 fully saturated rings. The van der Waals surface area contributed by atoms with Crippen molar-refractivity contribution in [2.45, 2.75) is 0 Å². The number of H-pyrrole nitrogens is 2. The second kappa shape index (κ2) is 5.13. The average molecular weight is 327 g/mol. The zero-order valence-corrected chi connectivity index (χ0v) is 13.1. The van der Waals surface area contributed by atoms with E-state index in [1.807, 2.05) is 30.3 Å². The Labute approximate surface area is 142 Å². The maximum absolute atomic E-state index is 5.84. The molecule has 5 aromatic heterocycles. The van der Waals surface area contributed by atoms with Crippen molar-refractivity contribution in [2.24, 2.45) is 0 Å². The van der Waals surface area contributed by atoms with Crippen molar-refractivity contribution in [3.63, 3.8) is 0 Å². The predicted molar refractivity (Wildman–Crippen MR) is 96.6 cm³/mol. The van der Waals surface area contributed by atoms with Crippen LogP contribution in [0, 0.1) is 0 Å². The number of aromatic nitrogens is 6. The van der Waals surface area contributed by atoms with Gasteiger partial charge >= 0.3 is 0 Å². The van der Waals surface area contributed by atoms with Crippen molar-refractivity contribution < 1.29 is 0 Å². The Hall–Kier alpha value is -3.74. The predicted octanol–water partition coefficient (Wildman–Crippen LogP) is 3.15. The molecule has 0 amide bonds.